The number of rotatable bonds is 8. The monoisotopic (exact) mass is 451 g/mol. The second kappa shape index (κ2) is 11.3. The molecule has 5 nitrogen and oxygen atoms in total. The lowest BCUT2D eigenvalue weighted by Crippen LogP contribution is -2.33. The molecule has 3 rings (SSSR count). The second-order valence-electron chi connectivity index (χ2n) is 7.07. The summed E-state index contributed by atoms with van der Waals surface area (Å²) in [6.07, 6.45) is -0.484. The summed E-state index contributed by atoms with van der Waals surface area (Å²) in [4.78, 5) is 27.6. The van der Waals surface area contributed by atoms with Crippen LogP contribution >= 0.6 is 11.6 Å². The van der Waals surface area contributed by atoms with Crippen LogP contribution in [0.3, 0.4) is 0 Å². The fraction of sp³-hybridized carbons (Fsp3) is 0.231. The number of hydrogen-bond acceptors (Lipinski definition) is 4. The number of carbonyl (C=O) groups is 2. The topological polar surface area (TPSA) is 55.8 Å². The van der Waals surface area contributed by atoms with Gasteiger partial charge in [0.05, 0.1) is 25.4 Å². The van der Waals surface area contributed by atoms with E-state index >= 15 is 0 Å². The van der Waals surface area contributed by atoms with Crippen LogP contribution in [-0.2, 0) is 20.8 Å². The second-order valence-corrected chi connectivity index (χ2v) is 7.50. The van der Waals surface area contributed by atoms with Crippen molar-refractivity contribution >= 4 is 29.4 Å². The maximum absolute atomic E-state index is 13.1. The molecule has 6 heteroatoms. The molecule has 32 heavy (non-hydrogen) atoms. The average Bonchev–Trinajstić information content (AvgIpc) is 2.80. The van der Waals surface area contributed by atoms with Crippen molar-refractivity contribution in [2.24, 2.45) is 0 Å². The van der Waals surface area contributed by atoms with Gasteiger partial charge in [-0.3, -0.25) is 9.69 Å². The fourth-order valence-electron chi connectivity index (χ4n) is 3.52. The van der Waals surface area contributed by atoms with Gasteiger partial charge in [0.15, 0.2) is 0 Å². The zero-order valence-corrected chi connectivity index (χ0v) is 18.9. The number of carbonyl (C=O) groups excluding carboxylic acids is 2. The minimum Gasteiger partial charge on any atom is -0.465 e. The van der Waals surface area contributed by atoms with E-state index in [4.69, 9.17) is 21.1 Å². The Morgan fingerprint density at radius 3 is 2.12 bits per heavy atom. The highest BCUT2D eigenvalue weighted by Gasteiger charge is 2.30. The number of anilines is 1. The van der Waals surface area contributed by atoms with Crippen LogP contribution in [0.2, 0.25) is 5.02 Å². The average molecular weight is 452 g/mol. The summed E-state index contributed by atoms with van der Waals surface area (Å²) in [5, 5.41) is 0.571. The summed E-state index contributed by atoms with van der Waals surface area (Å²) in [6.45, 7) is 4.32. The molecule has 0 aliphatic rings. The van der Waals surface area contributed by atoms with E-state index in [1.807, 2.05) is 54.6 Å². The van der Waals surface area contributed by atoms with Gasteiger partial charge in [0.1, 0.15) is 5.92 Å². The van der Waals surface area contributed by atoms with Crippen molar-refractivity contribution in [1.29, 1.82) is 0 Å². The summed E-state index contributed by atoms with van der Waals surface area (Å²) in [5.41, 5.74) is 2.90. The van der Waals surface area contributed by atoms with Gasteiger partial charge in [-0.05, 0) is 48.7 Å². The number of para-hydroxylation sites is 1. The lowest BCUT2D eigenvalue weighted by atomic mass is 9.89. The van der Waals surface area contributed by atoms with Crippen molar-refractivity contribution in [3.8, 4) is 0 Å². The highest BCUT2D eigenvalue weighted by molar-refractivity contribution is 6.30. The van der Waals surface area contributed by atoms with E-state index in [1.165, 1.54) is 0 Å². The van der Waals surface area contributed by atoms with Gasteiger partial charge in [-0.2, -0.15) is 0 Å². The third kappa shape index (κ3) is 5.68. The number of ether oxygens (including phenoxy) is 2. The standard InChI is InChI=1S/C26H26ClNO4/c1-3-31-25(29)24(20-14-16-21(27)17-15-20)22-12-8-9-13-23(22)28(26(30)32-4-2)18-19-10-6-5-7-11-19/h5-17,24H,3-4,18H2,1-2H3. The first-order valence-corrected chi connectivity index (χ1v) is 10.9. The maximum Gasteiger partial charge on any atom is 0.414 e. The minimum absolute atomic E-state index is 0.241. The molecule has 1 atom stereocenters. The van der Waals surface area contributed by atoms with Crippen molar-refractivity contribution < 1.29 is 19.1 Å². The molecule has 1 amide bonds. The van der Waals surface area contributed by atoms with Crippen molar-refractivity contribution in [3.05, 3.63) is 101 Å². The normalized spacial score (nSPS) is 11.5. The first-order chi connectivity index (χ1) is 15.5. The molecule has 0 aliphatic carbocycles. The summed E-state index contributed by atoms with van der Waals surface area (Å²) in [6, 6.07) is 24.0. The molecule has 3 aromatic carbocycles. The Kier molecular flexibility index (Phi) is 8.28. The van der Waals surface area contributed by atoms with Crippen molar-refractivity contribution in [2.75, 3.05) is 18.1 Å². The molecular formula is C26H26ClNO4. The molecular weight excluding hydrogens is 426 g/mol. The van der Waals surface area contributed by atoms with E-state index in [0.29, 0.717) is 22.8 Å². The predicted molar refractivity (Wildman–Crippen MR) is 126 cm³/mol. The van der Waals surface area contributed by atoms with E-state index in [0.717, 1.165) is 11.1 Å². The lowest BCUT2D eigenvalue weighted by Gasteiger charge is -2.27. The Morgan fingerprint density at radius 1 is 0.844 bits per heavy atom. The highest BCUT2D eigenvalue weighted by Crippen LogP contribution is 2.35. The molecule has 1 unspecified atom stereocenters. The van der Waals surface area contributed by atoms with Gasteiger partial charge in [0, 0.05) is 5.02 Å². The maximum atomic E-state index is 13.1. The van der Waals surface area contributed by atoms with Crippen molar-refractivity contribution in [1.82, 2.24) is 0 Å². The van der Waals surface area contributed by atoms with E-state index in [1.54, 1.807) is 43.0 Å². The molecule has 0 heterocycles. The molecule has 0 radical (unpaired) electrons. The van der Waals surface area contributed by atoms with E-state index in [-0.39, 0.29) is 13.2 Å². The number of halogens is 1. The van der Waals surface area contributed by atoms with Crippen LogP contribution in [0.25, 0.3) is 0 Å². The van der Waals surface area contributed by atoms with E-state index in [9.17, 15) is 9.59 Å². The third-order valence-electron chi connectivity index (χ3n) is 4.94. The number of nitrogens with zero attached hydrogens (tertiary/aromatic N) is 1. The quantitative estimate of drug-likeness (QED) is 0.383. The summed E-state index contributed by atoms with van der Waals surface area (Å²) in [5.74, 6) is -1.12. The molecule has 0 N–H and O–H groups in total. The molecule has 0 spiro atoms. The Labute approximate surface area is 193 Å². The van der Waals surface area contributed by atoms with Crippen LogP contribution in [0.15, 0.2) is 78.9 Å². The van der Waals surface area contributed by atoms with Gasteiger partial charge in [-0.1, -0.05) is 72.3 Å². The molecule has 0 aliphatic heterocycles. The number of benzene rings is 3. The smallest absolute Gasteiger partial charge is 0.414 e. The number of hydrogen-bond donors (Lipinski definition) is 0. The zero-order valence-electron chi connectivity index (χ0n) is 18.2. The van der Waals surface area contributed by atoms with Gasteiger partial charge >= 0.3 is 12.1 Å². The minimum atomic E-state index is -0.726. The Bertz CT molecular complexity index is 1040. The molecule has 0 bridgehead atoms. The summed E-state index contributed by atoms with van der Waals surface area (Å²) in [7, 11) is 0. The summed E-state index contributed by atoms with van der Waals surface area (Å²) >= 11 is 6.07. The Balaban J connectivity index is 2.12. The van der Waals surface area contributed by atoms with Gasteiger partial charge in [0.25, 0.3) is 0 Å². The highest BCUT2D eigenvalue weighted by atomic mass is 35.5. The van der Waals surface area contributed by atoms with Crippen LogP contribution in [-0.4, -0.2) is 25.3 Å². The fourth-order valence-corrected chi connectivity index (χ4v) is 3.64. The molecule has 0 saturated heterocycles. The first kappa shape index (κ1) is 23.4. The SMILES string of the molecule is CCOC(=O)C(c1ccc(Cl)cc1)c1ccccc1N(Cc1ccccc1)C(=O)OCC. The predicted octanol–water partition coefficient (Wildman–Crippen LogP) is 6.20. The van der Waals surface area contributed by atoms with Crippen LogP contribution in [0.5, 0.6) is 0 Å². The van der Waals surface area contributed by atoms with Crippen molar-refractivity contribution in [2.45, 2.75) is 26.3 Å². The van der Waals surface area contributed by atoms with E-state index < -0.39 is 18.0 Å². The van der Waals surface area contributed by atoms with Gasteiger partial charge in [-0.25, -0.2) is 4.79 Å². The molecule has 166 valence electrons. The summed E-state index contributed by atoms with van der Waals surface area (Å²) < 4.78 is 10.7. The van der Waals surface area contributed by atoms with Crippen LogP contribution in [0, 0.1) is 0 Å². The Hall–Kier alpha value is -3.31. The largest absolute Gasteiger partial charge is 0.465 e. The van der Waals surface area contributed by atoms with Gasteiger partial charge < -0.3 is 9.47 Å². The van der Waals surface area contributed by atoms with Crippen molar-refractivity contribution in [3.63, 3.8) is 0 Å². The molecule has 3 aromatic rings. The molecule has 0 saturated carbocycles. The number of amides is 1. The van der Waals surface area contributed by atoms with Gasteiger partial charge in [0.2, 0.25) is 0 Å². The lowest BCUT2D eigenvalue weighted by molar-refractivity contribution is -0.143. The third-order valence-corrected chi connectivity index (χ3v) is 5.19. The first-order valence-electron chi connectivity index (χ1n) is 10.5. The Morgan fingerprint density at radius 2 is 1.47 bits per heavy atom. The zero-order chi connectivity index (χ0) is 22.9. The van der Waals surface area contributed by atoms with Crippen LogP contribution in [0.4, 0.5) is 10.5 Å². The van der Waals surface area contributed by atoms with Gasteiger partial charge in [-0.15, -0.1) is 0 Å². The number of esters is 1. The van der Waals surface area contributed by atoms with E-state index in [2.05, 4.69) is 0 Å². The molecule has 0 fully saturated rings. The van der Waals surface area contributed by atoms with Crippen LogP contribution < -0.4 is 4.90 Å². The van der Waals surface area contributed by atoms with Crippen LogP contribution in [0.1, 0.15) is 36.5 Å². The molecule has 0 aromatic heterocycles.